The summed E-state index contributed by atoms with van der Waals surface area (Å²) in [5.41, 5.74) is 2.41. The molecule has 20 heavy (non-hydrogen) atoms. The van der Waals surface area contributed by atoms with Crippen LogP contribution in [0.25, 0.3) is 0 Å². The van der Waals surface area contributed by atoms with Gasteiger partial charge in [-0.1, -0.05) is 6.08 Å². The quantitative estimate of drug-likeness (QED) is 0.763. The molecule has 1 aliphatic heterocycles. The van der Waals surface area contributed by atoms with E-state index in [1.807, 2.05) is 11.0 Å². The smallest absolute Gasteiger partial charge is 0.219 e. The lowest BCUT2D eigenvalue weighted by Crippen LogP contribution is -2.48. The maximum atomic E-state index is 11.4. The fourth-order valence-corrected chi connectivity index (χ4v) is 3.16. The fraction of sp³-hybridized carbons (Fsp3) is 0.533. The molecular weight excluding hydrogens is 252 g/mol. The summed E-state index contributed by atoms with van der Waals surface area (Å²) in [5.74, 6) is 1.56. The number of piperazine rings is 1. The van der Waals surface area contributed by atoms with Crippen molar-refractivity contribution < 1.29 is 4.79 Å². The van der Waals surface area contributed by atoms with E-state index in [4.69, 9.17) is 0 Å². The Morgan fingerprint density at radius 2 is 2.10 bits per heavy atom. The van der Waals surface area contributed by atoms with Gasteiger partial charge in [-0.05, 0) is 12.8 Å². The van der Waals surface area contributed by atoms with Gasteiger partial charge >= 0.3 is 0 Å². The lowest BCUT2D eigenvalue weighted by atomic mass is 10.0. The topological polar surface area (TPSA) is 49.3 Å². The number of anilines is 1. The number of rotatable bonds is 2. The number of hydrogen-bond acceptors (Lipinski definition) is 4. The number of carbonyl (C=O) groups is 1. The molecule has 1 fully saturated rings. The van der Waals surface area contributed by atoms with E-state index in [0.29, 0.717) is 5.92 Å². The fourth-order valence-electron chi connectivity index (χ4n) is 3.16. The Morgan fingerprint density at radius 1 is 1.35 bits per heavy atom. The highest BCUT2D eigenvalue weighted by Crippen LogP contribution is 2.38. The summed E-state index contributed by atoms with van der Waals surface area (Å²) in [4.78, 5) is 24.5. The van der Waals surface area contributed by atoms with Crippen LogP contribution in [0.1, 0.15) is 30.5 Å². The highest BCUT2D eigenvalue weighted by atomic mass is 16.2. The summed E-state index contributed by atoms with van der Waals surface area (Å²) in [6.45, 7) is 8.79. The van der Waals surface area contributed by atoms with Gasteiger partial charge in [0.25, 0.3) is 0 Å². The van der Waals surface area contributed by atoms with Crippen molar-refractivity contribution in [2.75, 3.05) is 31.1 Å². The first kappa shape index (κ1) is 13.1. The van der Waals surface area contributed by atoms with Gasteiger partial charge in [-0.15, -0.1) is 6.58 Å². The molecule has 1 aromatic rings. The first-order chi connectivity index (χ1) is 9.70. The van der Waals surface area contributed by atoms with Crippen LogP contribution < -0.4 is 4.90 Å². The van der Waals surface area contributed by atoms with Crippen molar-refractivity contribution in [1.29, 1.82) is 0 Å². The molecule has 5 nitrogen and oxygen atoms in total. The van der Waals surface area contributed by atoms with Gasteiger partial charge in [0.1, 0.15) is 12.1 Å². The highest BCUT2D eigenvalue weighted by molar-refractivity contribution is 5.73. The molecule has 1 unspecified atom stereocenters. The summed E-state index contributed by atoms with van der Waals surface area (Å²) in [5, 5.41) is 0. The Hall–Kier alpha value is -1.91. The monoisotopic (exact) mass is 272 g/mol. The van der Waals surface area contributed by atoms with Crippen LogP contribution in [0.4, 0.5) is 5.82 Å². The second-order valence-electron chi connectivity index (χ2n) is 5.43. The average molecular weight is 272 g/mol. The molecule has 0 radical (unpaired) electrons. The van der Waals surface area contributed by atoms with Crippen LogP contribution in [0.3, 0.4) is 0 Å². The van der Waals surface area contributed by atoms with E-state index in [9.17, 15) is 4.79 Å². The number of nitrogens with zero attached hydrogens (tertiary/aromatic N) is 4. The zero-order valence-electron chi connectivity index (χ0n) is 11.9. The Morgan fingerprint density at radius 3 is 2.75 bits per heavy atom. The molecule has 3 rings (SSSR count). The molecule has 0 aromatic carbocycles. The van der Waals surface area contributed by atoms with Crippen molar-refractivity contribution in [1.82, 2.24) is 14.9 Å². The van der Waals surface area contributed by atoms with Gasteiger partial charge in [0.2, 0.25) is 5.91 Å². The molecule has 2 aliphatic rings. The van der Waals surface area contributed by atoms with Crippen molar-refractivity contribution in [3.05, 3.63) is 30.2 Å². The third-order valence-electron chi connectivity index (χ3n) is 4.32. The van der Waals surface area contributed by atoms with Crippen molar-refractivity contribution >= 4 is 11.7 Å². The normalized spacial score (nSPS) is 21.8. The minimum Gasteiger partial charge on any atom is -0.353 e. The standard InChI is InChI=1S/C15H20N4O/c1-3-12-4-5-13-14(12)15(17-10-16-13)19-8-6-18(7-9-19)11(2)20/h3,10,12H,1,4-9H2,2H3. The van der Waals surface area contributed by atoms with Gasteiger partial charge in [-0.2, -0.15) is 0 Å². The molecule has 1 aromatic heterocycles. The van der Waals surface area contributed by atoms with Gasteiger partial charge in [0, 0.05) is 50.3 Å². The molecule has 1 atom stereocenters. The Bertz CT molecular complexity index is 535. The van der Waals surface area contributed by atoms with Crippen molar-refractivity contribution in [2.45, 2.75) is 25.7 Å². The summed E-state index contributed by atoms with van der Waals surface area (Å²) in [7, 11) is 0. The molecule has 106 valence electrons. The number of fused-ring (bicyclic) bond motifs is 1. The van der Waals surface area contributed by atoms with Crippen LogP contribution in [0.2, 0.25) is 0 Å². The molecule has 0 bridgehead atoms. The third-order valence-corrected chi connectivity index (χ3v) is 4.32. The Labute approximate surface area is 119 Å². The SMILES string of the molecule is C=CC1CCc2ncnc(N3CCN(C(C)=O)CC3)c21. The Kier molecular flexibility index (Phi) is 3.42. The lowest BCUT2D eigenvalue weighted by molar-refractivity contribution is -0.129. The summed E-state index contributed by atoms with van der Waals surface area (Å²) >= 11 is 0. The molecule has 1 saturated heterocycles. The van der Waals surface area contributed by atoms with Crippen molar-refractivity contribution in [2.24, 2.45) is 0 Å². The number of carbonyl (C=O) groups excluding carboxylic acids is 1. The molecule has 2 heterocycles. The van der Waals surface area contributed by atoms with Crippen molar-refractivity contribution in [3.63, 3.8) is 0 Å². The lowest BCUT2D eigenvalue weighted by Gasteiger charge is -2.36. The van der Waals surface area contributed by atoms with Crippen LogP contribution in [0.5, 0.6) is 0 Å². The second-order valence-corrected chi connectivity index (χ2v) is 5.43. The van der Waals surface area contributed by atoms with E-state index in [0.717, 1.165) is 50.5 Å². The van der Waals surface area contributed by atoms with Gasteiger partial charge in [0.15, 0.2) is 0 Å². The minimum atomic E-state index is 0.154. The largest absolute Gasteiger partial charge is 0.353 e. The van der Waals surface area contributed by atoms with E-state index in [-0.39, 0.29) is 5.91 Å². The van der Waals surface area contributed by atoms with Crippen LogP contribution in [0, 0.1) is 0 Å². The molecule has 0 N–H and O–H groups in total. The van der Waals surface area contributed by atoms with Gasteiger partial charge in [-0.3, -0.25) is 4.79 Å². The number of allylic oxidation sites excluding steroid dienone is 1. The molecule has 0 spiro atoms. The Balaban J connectivity index is 1.84. The maximum absolute atomic E-state index is 11.4. The number of aromatic nitrogens is 2. The predicted molar refractivity (Wildman–Crippen MR) is 77.8 cm³/mol. The first-order valence-corrected chi connectivity index (χ1v) is 7.17. The number of amides is 1. The second kappa shape index (κ2) is 5.23. The van der Waals surface area contributed by atoms with Gasteiger partial charge in [-0.25, -0.2) is 9.97 Å². The first-order valence-electron chi connectivity index (χ1n) is 7.17. The van der Waals surface area contributed by atoms with Gasteiger partial charge < -0.3 is 9.80 Å². The average Bonchev–Trinajstić information content (AvgIpc) is 2.90. The van der Waals surface area contributed by atoms with E-state index in [1.165, 1.54) is 5.56 Å². The van der Waals surface area contributed by atoms with Crippen LogP contribution >= 0.6 is 0 Å². The number of aryl methyl sites for hydroxylation is 1. The molecule has 1 amide bonds. The van der Waals surface area contributed by atoms with Crippen LogP contribution in [-0.4, -0.2) is 47.0 Å². The van der Waals surface area contributed by atoms with E-state index in [2.05, 4.69) is 21.4 Å². The zero-order chi connectivity index (χ0) is 14.1. The highest BCUT2D eigenvalue weighted by Gasteiger charge is 2.29. The summed E-state index contributed by atoms with van der Waals surface area (Å²) < 4.78 is 0. The van der Waals surface area contributed by atoms with E-state index >= 15 is 0 Å². The molecule has 0 saturated carbocycles. The third kappa shape index (κ3) is 2.17. The molecular formula is C15H20N4O. The van der Waals surface area contributed by atoms with E-state index < -0.39 is 0 Å². The molecule has 1 aliphatic carbocycles. The summed E-state index contributed by atoms with van der Waals surface area (Å²) in [6.07, 6.45) is 5.76. The summed E-state index contributed by atoms with van der Waals surface area (Å²) in [6, 6.07) is 0. The predicted octanol–water partition coefficient (Wildman–Crippen LogP) is 1.36. The zero-order valence-corrected chi connectivity index (χ0v) is 11.9. The maximum Gasteiger partial charge on any atom is 0.219 e. The van der Waals surface area contributed by atoms with Gasteiger partial charge in [0.05, 0.1) is 0 Å². The minimum absolute atomic E-state index is 0.154. The van der Waals surface area contributed by atoms with Crippen LogP contribution in [-0.2, 0) is 11.2 Å². The number of hydrogen-bond donors (Lipinski definition) is 0. The molecule has 5 heteroatoms. The van der Waals surface area contributed by atoms with E-state index in [1.54, 1.807) is 13.3 Å². The van der Waals surface area contributed by atoms with Crippen molar-refractivity contribution in [3.8, 4) is 0 Å². The van der Waals surface area contributed by atoms with Crippen LogP contribution in [0.15, 0.2) is 19.0 Å².